The Balaban J connectivity index is 1.50. The first-order valence-electron chi connectivity index (χ1n) is 11.3. The second kappa shape index (κ2) is 8.67. The van der Waals surface area contributed by atoms with Gasteiger partial charge in [-0.2, -0.15) is 9.61 Å². The number of benzene rings is 2. The molecule has 0 aliphatic carbocycles. The largest absolute Gasteiger partial charge is 0.329 e. The molecule has 1 N–H and O–H groups in total. The Bertz CT molecular complexity index is 1370. The lowest BCUT2D eigenvalue weighted by Crippen LogP contribution is -2.38. The average molecular weight is 442 g/mol. The molecule has 33 heavy (non-hydrogen) atoms. The van der Waals surface area contributed by atoms with Gasteiger partial charge in [-0.25, -0.2) is 0 Å². The minimum Gasteiger partial charge on any atom is -0.329 e. The maximum Gasteiger partial charge on any atom is 0.279 e. The number of aromatic nitrogens is 3. The molecule has 1 aliphatic rings. The van der Waals surface area contributed by atoms with Crippen LogP contribution in [0.25, 0.3) is 5.65 Å². The second-order valence-corrected chi connectivity index (χ2v) is 8.53. The van der Waals surface area contributed by atoms with Gasteiger partial charge in [-0.15, -0.1) is 0 Å². The number of carbonyl (C=O) groups excluding carboxylic acids is 1. The Morgan fingerprint density at radius 2 is 1.85 bits per heavy atom. The predicted molar refractivity (Wildman–Crippen MR) is 129 cm³/mol. The molecule has 0 bridgehead atoms. The lowest BCUT2D eigenvalue weighted by Gasteiger charge is -2.30. The van der Waals surface area contributed by atoms with Crippen molar-refractivity contribution in [2.75, 3.05) is 11.9 Å². The number of amides is 1. The van der Waals surface area contributed by atoms with Gasteiger partial charge in [0.05, 0.1) is 11.8 Å². The van der Waals surface area contributed by atoms with E-state index in [-0.39, 0.29) is 11.5 Å². The van der Waals surface area contributed by atoms with Crippen LogP contribution in [-0.2, 0) is 26.1 Å². The summed E-state index contributed by atoms with van der Waals surface area (Å²) in [7, 11) is 0. The lowest BCUT2D eigenvalue weighted by atomic mass is 10.0. The van der Waals surface area contributed by atoms with E-state index in [1.165, 1.54) is 16.3 Å². The van der Waals surface area contributed by atoms with Crippen LogP contribution in [0.15, 0.2) is 65.6 Å². The van der Waals surface area contributed by atoms with Crippen LogP contribution < -0.4 is 10.9 Å². The Morgan fingerprint density at radius 1 is 1.09 bits per heavy atom. The molecule has 3 heterocycles. The van der Waals surface area contributed by atoms with Gasteiger partial charge in [-0.1, -0.05) is 48.0 Å². The third kappa shape index (κ3) is 3.96. The van der Waals surface area contributed by atoms with E-state index < -0.39 is 0 Å². The minimum absolute atomic E-state index is 0.142. The highest BCUT2D eigenvalue weighted by molar-refractivity contribution is 6.08. The number of fused-ring (bicyclic) bond motifs is 2. The highest BCUT2D eigenvalue weighted by atomic mass is 16.2. The normalized spacial score (nSPS) is 13.8. The first-order chi connectivity index (χ1) is 16.0. The number of nitrogens with one attached hydrogen (secondary N) is 1. The molecule has 0 atom stereocenters. The maximum atomic E-state index is 13.4. The van der Waals surface area contributed by atoms with Crippen molar-refractivity contribution in [3.63, 3.8) is 0 Å². The van der Waals surface area contributed by atoms with Crippen molar-refractivity contribution in [2.24, 2.45) is 0 Å². The number of aryl methyl sites for hydroxylation is 2. The first kappa shape index (κ1) is 21.2. The summed E-state index contributed by atoms with van der Waals surface area (Å²) in [5.74, 6) is -0.267. The van der Waals surface area contributed by atoms with Crippen LogP contribution in [0.1, 0.15) is 39.7 Å². The molecule has 2 aromatic carbocycles. The van der Waals surface area contributed by atoms with Crippen LogP contribution in [0, 0.1) is 6.92 Å². The second-order valence-electron chi connectivity index (χ2n) is 8.53. The number of hydrogen-bond donors (Lipinski definition) is 1. The summed E-state index contributed by atoms with van der Waals surface area (Å²) in [6, 6.07) is 17.9. The Hall–Kier alpha value is -3.71. The topological polar surface area (TPSA) is 71.6 Å². The maximum absolute atomic E-state index is 13.4. The summed E-state index contributed by atoms with van der Waals surface area (Å²) in [6.45, 7) is 6.92. The van der Waals surface area contributed by atoms with Gasteiger partial charge in [-0.3, -0.25) is 14.5 Å². The number of hydrogen-bond acceptors (Lipinski definition) is 4. The summed E-state index contributed by atoms with van der Waals surface area (Å²) >= 11 is 0. The van der Waals surface area contributed by atoms with E-state index >= 15 is 0 Å². The molecule has 7 nitrogen and oxygen atoms in total. The number of nitrogens with zero attached hydrogens (tertiary/aromatic N) is 4. The first-order valence-corrected chi connectivity index (χ1v) is 11.3. The molecule has 7 heteroatoms. The Kier molecular flexibility index (Phi) is 5.56. The van der Waals surface area contributed by atoms with Crippen molar-refractivity contribution in [3.8, 4) is 0 Å². The van der Waals surface area contributed by atoms with Gasteiger partial charge < -0.3 is 9.88 Å². The number of rotatable bonds is 5. The van der Waals surface area contributed by atoms with Crippen LogP contribution >= 0.6 is 0 Å². The minimum atomic E-state index is -0.267. The van der Waals surface area contributed by atoms with Crippen molar-refractivity contribution in [1.29, 1.82) is 0 Å². The van der Waals surface area contributed by atoms with Gasteiger partial charge >= 0.3 is 0 Å². The molecule has 0 spiro atoms. The highest BCUT2D eigenvalue weighted by Crippen LogP contribution is 2.22. The Labute approximate surface area is 192 Å². The zero-order valence-corrected chi connectivity index (χ0v) is 18.9. The molecular weight excluding hydrogens is 414 g/mol. The van der Waals surface area contributed by atoms with Gasteiger partial charge in [0.25, 0.3) is 11.5 Å². The highest BCUT2D eigenvalue weighted by Gasteiger charge is 2.27. The molecule has 1 aliphatic heterocycles. The quantitative estimate of drug-likeness (QED) is 0.513. The summed E-state index contributed by atoms with van der Waals surface area (Å²) < 4.78 is 3.46. The fraction of sp³-hybridized carbons (Fsp3) is 0.269. The molecule has 0 fully saturated rings. The number of anilines is 1. The van der Waals surface area contributed by atoms with E-state index in [4.69, 9.17) is 0 Å². The third-order valence-electron chi connectivity index (χ3n) is 6.29. The fourth-order valence-electron chi connectivity index (χ4n) is 4.62. The number of carbonyl (C=O) groups is 1. The summed E-state index contributed by atoms with van der Waals surface area (Å²) in [5.41, 5.74) is 5.65. The zero-order chi connectivity index (χ0) is 22.9. The van der Waals surface area contributed by atoms with Crippen LogP contribution in [0.5, 0.6) is 0 Å². The third-order valence-corrected chi connectivity index (χ3v) is 6.29. The molecule has 0 unspecified atom stereocenters. The van der Waals surface area contributed by atoms with Gasteiger partial charge in [0.15, 0.2) is 5.65 Å². The molecule has 0 radical (unpaired) electrons. The van der Waals surface area contributed by atoms with E-state index in [2.05, 4.69) is 32.0 Å². The summed E-state index contributed by atoms with van der Waals surface area (Å²) in [4.78, 5) is 28.8. The molecule has 5 rings (SSSR count). The van der Waals surface area contributed by atoms with Crippen LogP contribution in [0.2, 0.25) is 0 Å². The smallest absolute Gasteiger partial charge is 0.279 e. The van der Waals surface area contributed by atoms with E-state index in [0.29, 0.717) is 30.0 Å². The van der Waals surface area contributed by atoms with Crippen LogP contribution in [0.3, 0.4) is 0 Å². The standard InChI is InChI=1S/C26H27N5O2/c1-3-30-23-13-14-29(16-19-7-5-4-6-8-19)17-22(23)26(33)31-25(30)21(15-27-31)24(32)28-20-11-9-18(2)10-12-20/h4-12,15H,3,13-14,16-17H2,1-2H3,(H,28,32). The Morgan fingerprint density at radius 3 is 2.58 bits per heavy atom. The van der Waals surface area contributed by atoms with E-state index in [9.17, 15) is 9.59 Å². The molecule has 168 valence electrons. The molecule has 0 saturated carbocycles. The molecular formula is C26H27N5O2. The van der Waals surface area contributed by atoms with Gasteiger partial charge in [0, 0.05) is 44.0 Å². The summed E-state index contributed by atoms with van der Waals surface area (Å²) in [5, 5.41) is 7.26. The van der Waals surface area contributed by atoms with Crippen LogP contribution in [-0.4, -0.2) is 31.5 Å². The van der Waals surface area contributed by atoms with Gasteiger partial charge in [0.1, 0.15) is 5.56 Å². The lowest BCUT2D eigenvalue weighted by molar-refractivity contribution is 0.102. The molecule has 1 amide bonds. The van der Waals surface area contributed by atoms with E-state index in [1.54, 1.807) is 0 Å². The molecule has 0 saturated heterocycles. The molecule has 4 aromatic rings. The van der Waals surface area contributed by atoms with Crippen molar-refractivity contribution < 1.29 is 4.79 Å². The molecule has 2 aromatic heterocycles. The van der Waals surface area contributed by atoms with Gasteiger partial charge in [0.2, 0.25) is 0 Å². The van der Waals surface area contributed by atoms with Crippen molar-refractivity contribution in [3.05, 3.63) is 99.1 Å². The average Bonchev–Trinajstić information content (AvgIpc) is 3.27. The van der Waals surface area contributed by atoms with E-state index in [0.717, 1.165) is 36.3 Å². The van der Waals surface area contributed by atoms with Crippen molar-refractivity contribution in [1.82, 2.24) is 19.1 Å². The SMILES string of the molecule is CCn1c2c(c(=O)n3ncc(C(=O)Nc4ccc(C)cc4)c13)CN(Cc1ccccc1)CC2. The predicted octanol–water partition coefficient (Wildman–Crippen LogP) is 3.63. The monoisotopic (exact) mass is 441 g/mol. The fourth-order valence-corrected chi connectivity index (χ4v) is 4.62. The van der Waals surface area contributed by atoms with Crippen molar-refractivity contribution >= 4 is 17.2 Å². The van der Waals surface area contributed by atoms with E-state index in [1.807, 2.05) is 56.3 Å². The van der Waals surface area contributed by atoms with Crippen LogP contribution in [0.4, 0.5) is 5.69 Å². The summed E-state index contributed by atoms with van der Waals surface area (Å²) in [6.07, 6.45) is 2.26. The van der Waals surface area contributed by atoms with Gasteiger partial charge in [-0.05, 0) is 31.5 Å². The van der Waals surface area contributed by atoms with Crippen molar-refractivity contribution in [2.45, 2.75) is 39.9 Å². The zero-order valence-electron chi connectivity index (χ0n) is 18.9.